The maximum atomic E-state index is 10.9. The molecule has 18 heavy (non-hydrogen) atoms. The molecule has 5 nitrogen and oxygen atoms in total. The molecule has 1 amide bonds. The minimum atomic E-state index is -0.364. The van der Waals surface area contributed by atoms with Crippen LogP contribution in [0.1, 0.15) is 12.0 Å². The van der Waals surface area contributed by atoms with E-state index in [0.29, 0.717) is 18.1 Å². The molecular formula is C13H14N2O3. The van der Waals surface area contributed by atoms with Crippen LogP contribution in [0.5, 0.6) is 5.88 Å². The highest BCUT2D eigenvalue weighted by molar-refractivity contribution is 5.74. The van der Waals surface area contributed by atoms with Gasteiger partial charge >= 0.3 is 0 Å². The summed E-state index contributed by atoms with van der Waals surface area (Å²) in [6.07, 6.45) is 0.684. The summed E-state index contributed by atoms with van der Waals surface area (Å²) in [5.41, 5.74) is 6.82. The molecule has 0 atom stereocenters. The Morgan fingerprint density at radius 3 is 2.72 bits per heavy atom. The Morgan fingerprint density at radius 1 is 1.39 bits per heavy atom. The standard InChI is InChI=1S/C13H14N2O3/c1-17-13-10(7-8-11(14)16)12(18-15-13)9-5-3-2-4-6-9/h2-6H,7-8H2,1H3,(H2,14,16). The van der Waals surface area contributed by atoms with Crippen LogP contribution in [0.2, 0.25) is 0 Å². The first-order valence-corrected chi connectivity index (χ1v) is 5.58. The number of nitrogens with zero attached hydrogens (tertiary/aromatic N) is 1. The van der Waals surface area contributed by atoms with Crippen molar-refractivity contribution in [3.8, 4) is 17.2 Å². The van der Waals surface area contributed by atoms with Gasteiger partial charge in [-0.3, -0.25) is 4.79 Å². The van der Waals surface area contributed by atoms with Crippen molar-refractivity contribution in [1.29, 1.82) is 0 Å². The lowest BCUT2D eigenvalue weighted by molar-refractivity contribution is -0.117. The number of hydrogen-bond donors (Lipinski definition) is 1. The molecule has 0 aliphatic rings. The van der Waals surface area contributed by atoms with Crippen molar-refractivity contribution >= 4 is 5.91 Å². The van der Waals surface area contributed by atoms with E-state index in [-0.39, 0.29) is 12.3 Å². The Morgan fingerprint density at radius 2 is 2.11 bits per heavy atom. The van der Waals surface area contributed by atoms with Gasteiger partial charge in [0.15, 0.2) is 5.76 Å². The SMILES string of the molecule is COc1noc(-c2ccccc2)c1CCC(N)=O. The molecule has 2 rings (SSSR count). The highest BCUT2D eigenvalue weighted by atomic mass is 16.5. The molecule has 0 saturated carbocycles. The first-order valence-electron chi connectivity index (χ1n) is 5.58. The van der Waals surface area contributed by atoms with Gasteiger partial charge in [0, 0.05) is 12.0 Å². The van der Waals surface area contributed by atoms with Crippen molar-refractivity contribution in [1.82, 2.24) is 5.16 Å². The Bertz CT molecular complexity index is 534. The van der Waals surface area contributed by atoms with Crippen LogP contribution in [-0.2, 0) is 11.2 Å². The maximum absolute atomic E-state index is 10.9. The normalized spacial score (nSPS) is 10.3. The molecular weight excluding hydrogens is 232 g/mol. The van der Waals surface area contributed by atoms with E-state index in [9.17, 15) is 4.79 Å². The van der Waals surface area contributed by atoms with E-state index in [1.165, 1.54) is 7.11 Å². The van der Waals surface area contributed by atoms with Crippen LogP contribution in [0.15, 0.2) is 34.9 Å². The first-order chi connectivity index (χ1) is 8.72. The van der Waals surface area contributed by atoms with E-state index in [1.807, 2.05) is 30.3 Å². The molecule has 0 bridgehead atoms. The quantitative estimate of drug-likeness (QED) is 0.872. The van der Waals surface area contributed by atoms with Crippen LogP contribution >= 0.6 is 0 Å². The second-order valence-electron chi connectivity index (χ2n) is 3.83. The van der Waals surface area contributed by atoms with Crippen LogP contribution in [0.25, 0.3) is 11.3 Å². The van der Waals surface area contributed by atoms with E-state index >= 15 is 0 Å². The number of ether oxygens (including phenoxy) is 1. The third kappa shape index (κ3) is 2.51. The zero-order chi connectivity index (χ0) is 13.0. The van der Waals surface area contributed by atoms with Gasteiger partial charge in [-0.25, -0.2) is 0 Å². The van der Waals surface area contributed by atoms with Crippen molar-refractivity contribution in [2.75, 3.05) is 7.11 Å². The summed E-state index contributed by atoms with van der Waals surface area (Å²) in [5, 5.41) is 3.84. The number of nitrogens with two attached hydrogens (primary N) is 1. The minimum Gasteiger partial charge on any atom is -0.479 e. The number of carbonyl (C=O) groups excluding carboxylic acids is 1. The number of benzene rings is 1. The molecule has 0 aliphatic heterocycles. The highest BCUT2D eigenvalue weighted by Gasteiger charge is 2.18. The first kappa shape index (κ1) is 12.2. The number of primary amides is 1. The van der Waals surface area contributed by atoms with E-state index in [1.54, 1.807) is 0 Å². The molecule has 0 radical (unpaired) electrons. The third-order valence-electron chi connectivity index (χ3n) is 2.60. The van der Waals surface area contributed by atoms with Gasteiger partial charge in [-0.15, -0.1) is 0 Å². The van der Waals surface area contributed by atoms with Crippen LogP contribution in [0.4, 0.5) is 0 Å². The Kier molecular flexibility index (Phi) is 3.62. The van der Waals surface area contributed by atoms with Gasteiger partial charge < -0.3 is 15.0 Å². The lowest BCUT2D eigenvalue weighted by Crippen LogP contribution is -2.11. The Labute approximate surface area is 105 Å². The molecule has 5 heteroatoms. The van der Waals surface area contributed by atoms with Crippen LogP contribution < -0.4 is 10.5 Å². The van der Waals surface area contributed by atoms with Gasteiger partial charge in [-0.2, -0.15) is 0 Å². The number of rotatable bonds is 5. The van der Waals surface area contributed by atoms with E-state index in [4.69, 9.17) is 15.0 Å². The molecule has 0 aliphatic carbocycles. The van der Waals surface area contributed by atoms with Crippen molar-refractivity contribution < 1.29 is 14.1 Å². The van der Waals surface area contributed by atoms with E-state index in [2.05, 4.69) is 5.16 Å². The fraction of sp³-hybridized carbons (Fsp3) is 0.231. The van der Waals surface area contributed by atoms with Crippen molar-refractivity contribution in [2.24, 2.45) is 5.73 Å². The van der Waals surface area contributed by atoms with Crippen molar-refractivity contribution in [2.45, 2.75) is 12.8 Å². The van der Waals surface area contributed by atoms with E-state index in [0.717, 1.165) is 11.1 Å². The highest BCUT2D eigenvalue weighted by Crippen LogP contribution is 2.31. The molecule has 2 aromatic rings. The van der Waals surface area contributed by atoms with Gasteiger partial charge in [0.1, 0.15) is 0 Å². The van der Waals surface area contributed by atoms with Crippen molar-refractivity contribution in [3.63, 3.8) is 0 Å². The molecule has 94 valence electrons. The molecule has 0 fully saturated rings. The van der Waals surface area contributed by atoms with Gasteiger partial charge in [-0.05, 0) is 11.6 Å². The van der Waals surface area contributed by atoms with Crippen LogP contribution in [0.3, 0.4) is 0 Å². The number of amides is 1. The summed E-state index contributed by atoms with van der Waals surface area (Å²) < 4.78 is 10.4. The number of hydrogen-bond acceptors (Lipinski definition) is 4. The summed E-state index contributed by atoms with van der Waals surface area (Å²) in [4.78, 5) is 10.9. The predicted molar refractivity (Wildman–Crippen MR) is 66.0 cm³/mol. The van der Waals surface area contributed by atoms with Gasteiger partial charge in [0.25, 0.3) is 5.88 Å². The minimum absolute atomic E-state index is 0.234. The number of carbonyl (C=O) groups is 1. The lowest BCUT2D eigenvalue weighted by atomic mass is 10.0. The largest absolute Gasteiger partial charge is 0.479 e. The van der Waals surface area contributed by atoms with Crippen LogP contribution in [0, 0.1) is 0 Å². The molecule has 0 unspecified atom stereocenters. The topological polar surface area (TPSA) is 78.3 Å². The predicted octanol–water partition coefficient (Wildman–Crippen LogP) is 1.77. The average Bonchev–Trinajstić information content (AvgIpc) is 2.80. The monoisotopic (exact) mass is 246 g/mol. The zero-order valence-corrected chi connectivity index (χ0v) is 10.1. The van der Waals surface area contributed by atoms with Crippen LogP contribution in [-0.4, -0.2) is 18.2 Å². The summed E-state index contributed by atoms with van der Waals surface area (Å²) in [6, 6.07) is 9.55. The summed E-state index contributed by atoms with van der Waals surface area (Å²) >= 11 is 0. The van der Waals surface area contributed by atoms with Gasteiger partial charge in [0.05, 0.1) is 12.7 Å². The summed E-state index contributed by atoms with van der Waals surface area (Å²) in [5.74, 6) is 0.654. The second kappa shape index (κ2) is 5.35. The Balaban J connectivity index is 2.36. The van der Waals surface area contributed by atoms with Crippen molar-refractivity contribution in [3.05, 3.63) is 35.9 Å². The van der Waals surface area contributed by atoms with E-state index < -0.39 is 0 Å². The average molecular weight is 246 g/mol. The fourth-order valence-electron chi connectivity index (χ4n) is 1.74. The third-order valence-corrected chi connectivity index (χ3v) is 2.60. The molecule has 0 spiro atoms. The van der Waals surface area contributed by atoms with Gasteiger partial charge in [0.2, 0.25) is 5.91 Å². The summed E-state index contributed by atoms with van der Waals surface area (Å²) in [7, 11) is 1.51. The molecule has 1 aromatic carbocycles. The number of methoxy groups -OCH3 is 1. The smallest absolute Gasteiger partial charge is 0.257 e. The lowest BCUT2D eigenvalue weighted by Gasteiger charge is -2.01. The molecule has 1 aromatic heterocycles. The summed E-state index contributed by atoms with van der Waals surface area (Å²) in [6.45, 7) is 0. The number of aromatic nitrogens is 1. The fourth-order valence-corrected chi connectivity index (χ4v) is 1.74. The zero-order valence-electron chi connectivity index (χ0n) is 10.1. The molecule has 1 heterocycles. The second-order valence-corrected chi connectivity index (χ2v) is 3.83. The Hall–Kier alpha value is -2.30. The maximum Gasteiger partial charge on any atom is 0.257 e. The molecule has 2 N–H and O–H groups in total. The molecule has 0 saturated heterocycles. The van der Waals surface area contributed by atoms with Gasteiger partial charge in [-0.1, -0.05) is 30.3 Å².